The van der Waals surface area contributed by atoms with E-state index in [2.05, 4.69) is 46.0 Å². The predicted molar refractivity (Wildman–Crippen MR) is 56.0 cm³/mol. The first-order chi connectivity index (χ1) is 8.13. The molecule has 1 atom stereocenters. The number of benzene rings is 1. The Morgan fingerprint density at radius 2 is 1.50 bits per heavy atom. The Hall–Kier alpha value is -0.950. The molecule has 1 heterocycles. The zero-order chi connectivity index (χ0) is 14.1. The summed E-state index contributed by atoms with van der Waals surface area (Å²) >= 11 is 0. The van der Waals surface area contributed by atoms with Gasteiger partial charge in [-0.15, -0.1) is 10.2 Å². The van der Waals surface area contributed by atoms with Gasteiger partial charge in [-0.05, 0) is 19.4 Å². The highest BCUT2D eigenvalue weighted by atomic mass is 35.7. The van der Waals surface area contributed by atoms with E-state index < -0.39 is 10.2 Å². The van der Waals surface area contributed by atoms with Crippen molar-refractivity contribution >= 4 is 11.3 Å². The molecule has 18 heavy (non-hydrogen) atoms. The highest BCUT2D eigenvalue weighted by Crippen LogP contribution is 2.30. The van der Waals surface area contributed by atoms with Gasteiger partial charge in [0.1, 0.15) is 11.4 Å². The van der Waals surface area contributed by atoms with E-state index in [1.54, 1.807) is 0 Å². The van der Waals surface area contributed by atoms with Crippen LogP contribution in [0.4, 0.5) is 5.69 Å². The molecule has 0 saturated heterocycles. The predicted octanol–water partition coefficient (Wildman–Crippen LogP) is -2.85. The molecule has 0 bridgehead atoms. The van der Waals surface area contributed by atoms with Gasteiger partial charge in [-0.2, -0.15) is 0 Å². The maximum Gasteiger partial charge on any atom is 0.143 e. The van der Waals surface area contributed by atoms with E-state index in [1.807, 2.05) is 0 Å². The van der Waals surface area contributed by atoms with E-state index in [0.29, 0.717) is 0 Å². The lowest BCUT2D eigenvalue weighted by Gasteiger charge is -2.17. The number of quaternary nitrogens is 1. The van der Waals surface area contributed by atoms with Gasteiger partial charge in [-0.3, -0.25) is 4.90 Å². The highest BCUT2D eigenvalue weighted by molar-refractivity contribution is 5.78. The number of fused-ring (bicyclic) bond motifs is 1. The van der Waals surface area contributed by atoms with Crippen LogP contribution < -0.4 is 23.5 Å². The van der Waals surface area contributed by atoms with E-state index in [0.717, 1.165) is 0 Å². The van der Waals surface area contributed by atoms with Crippen LogP contribution in [0, 0.1) is 17.2 Å². The summed E-state index contributed by atoms with van der Waals surface area (Å²) in [7, 11) is -2.73. The molecule has 0 aromatic heterocycles. The van der Waals surface area contributed by atoms with Gasteiger partial charge in [0.25, 0.3) is 0 Å². The largest absolute Gasteiger partial charge is 0.276 e. The Balaban J connectivity index is 0.000000280. The first-order valence-corrected chi connectivity index (χ1v) is 6.60. The lowest BCUT2D eigenvalue weighted by molar-refractivity contribution is -2.00. The Labute approximate surface area is 108 Å². The summed E-state index contributed by atoms with van der Waals surface area (Å²) in [6.07, 6.45) is 0. The van der Waals surface area contributed by atoms with E-state index >= 15 is 0 Å². The van der Waals surface area contributed by atoms with Crippen molar-refractivity contribution in [2.45, 2.75) is 20.8 Å². The number of allylic oxidation sites excluding steroid dienone is 2. The molecule has 100 valence electrons. The second-order valence-corrected chi connectivity index (χ2v) is 5.01. The molecule has 5 nitrogen and oxygen atoms in total. The van der Waals surface area contributed by atoms with E-state index in [9.17, 15) is 0 Å². The summed E-state index contributed by atoms with van der Waals surface area (Å²) < 4.78 is 34.0. The van der Waals surface area contributed by atoms with Gasteiger partial charge >= 0.3 is 0 Å². The van der Waals surface area contributed by atoms with Crippen molar-refractivity contribution in [3.05, 3.63) is 35.0 Å². The number of hydrogen-bond donors (Lipinski definition) is 1. The summed E-state index contributed by atoms with van der Waals surface area (Å²) in [4.78, 5) is 1.44. The summed E-state index contributed by atoms with van der Waals surface area (Å²) in [5, 5.41) is 0. The van der Waals surface area contributed by atoms with Crippen molar-refractivity contribution < 1.29 is 33.8 Å². The minimum Gasteiger partial charge on any atom is -0.276 e. The molecule has 1 aromatic carbocycles. The molecule has 1 aliphatic rings. The van der Waals surface area contributed by atoms with Crippen molar-refractivity contribution in [1.82, 2.24) is 0 Å². The number of halogens is 1. The molecular weight excluding hydrogens is 258 g/mol. The van der Waals surface area contributed by atoms with Crippen molar-refractivity contribution in [2.75, 3.05) is 7.05 Å². The van der Waals surface area contributed by atoms with E-state index in [1.165, 1.54) is 33.0 Å². The maximum atomic E-state index is 8.49. The molecule has 0 amide bonds. The Morgan fingerprint density at radius 1 is 1.00 bits per heavy atom. The van der Waals surface area contributed by atoms with Crippen LogP contribution in [-0.4, -0.2) is 7.05 Å². The van der Waals surface area contributed by atoms with Crippen LogP contribution >= 0.6 is 0 Å². The van der Waals surface area contributed by atoms with Crippen LogP contribution in [0.15, 0.2) is 23.9 Å². The molecule has 2 rings (SSSR count). The topological polar surface area (TPSA) is 96.7 Å². The van der Waals surface area contributed by atoms with Crippen LogP contribution in [0.1, 0.15) is 25.0 Å². The molecule has 0 spiro atoms. The molecule has 1 aromatic rings. The van der Waals surface area contributed by atoms with Crippen LogP contribution in [0.2, 0.25) is 0 Å². The average molecular weight is 274 g/mol. The minimum absolute atomic E-state index is 1.39. The maximum absolute atomic E-state index is 8.49. The first kappa shape index (κ1) is 15.1. The lowest BCUT2D eigenvalue weighted by atomic mass is 10.0. The standard InChI is InChI=1S/C12H15N.ClHO4/c1-8-6-5-7-11-12(8)9(2)10(3)13(11)4;2-1(3,4)5/h5-7H,1-4H3;(H,2,3,4,5). The normalized spacial score (nSPS) is 18.3. The van der Waals surface area contributed by atoms with Gasteiger partial charge in [0.15, 0.2) is 0 Å². The van der Waals surface area contributed by atoms with Crippen LogP contribution in [-0.2, 0) is 0 Å². The third-order valence-electron chi connectivity index (χ3n) is 3.18. The highest BCUT2D eigenvalue weighted by Gasteiger charge is 2.26. The molecule has 6 heteroatoms. The third kappa shape index (κ3) is 3.52. The SMILES string of the molecule is CC1=C(C)[NH+](C)c2cccc(C)c21.[O-][Cl+3]([O-])([O-])[O-]. The molecule has 1 N–H and O–H groups in total. The number of rotatable bonds is 0. The van der Waals surface area contributed by atoms with Gasteiger partial charge in [0, 0.05) is 24.1 Å². The molecule has 1 aliphatic heterocycles. The molecule has 1 unspecified atom stereocenters. The minimum atomic E-state index is -4.94. The van der Waals surface area contributed by atoms with Crippen molar-refractivity contribution in [3.8, 4) is 0 Å². The molecule has 0 aliphatic carbocycles. The Kier molecular flexibility index (Phi) is 4.50. The molecular formula is C12H16ClNO4. The summed E-state index contributed by atoms with van der Waals surface area (Å²) in [6.45, 7) is 6.62. The summed E-state index contributed by atoms with van der Waals surface area (Å²) in [6, 6.07) is 6.55. The van der Waals surface area contributed by atoms with Gasteiger partial charge in [-0.25, -0.2) is 18.6 Å². The molecule has 0 fully saturated rings. The summed E-state index contributed by atoms with van der Waals surface area (Å²) in [5.41, 5.74) is 7.17. The average Bonchev–Trinajstić information content (AvgIpc) is 2.43. The zero-order valence-corrected chi connectivity index (χ0v) is 11.5. The monoisotopic (exact) mass is 273 g/mol. The van der Waals surface area contributed by atoms with Gasteiger partial charge in [0.05, 0.1) is 7.05 Å². The third-order valence-corrected chi connectivity index (χ3v) is 3.18. The molecule has 0 saturated carbocycles. The van der Waals surface area contributed by atoms with Crippen molar-refractivity contribution in [2.24, 2.45) is 0 Å². The van der Waals surface area contributed by atoms with Crippen LogP contribution in [0.5, 0.6) is 0 Å². The van der Waals surface area contributed by atoms with Crippen LogP contribution in [0.25, 0.3) is 5.57 Å². The lowest BCUT2D eigenvalue weighted by Crippen LogP contribution is -3.00. The number of nitrogens with one attached hydrogen (secondary N) is 1. The smallest absolute Gasteiger partial charge is 0.143 e. The Morgan fingerprint density at radius 3 is 1.94 bits per heavy atom. The number of aryl methyl sites for hydroxylation is 1. The van der Waals surface area contributed by atoms with E-state index in [-0.39, 0.29) is 0 Å². The van der Waals surface area contributed by atoms with Gasteiger partial charge < -0.3 is 0 Å². The Bertz CT molecular complexity index is 473. The zero-order valence-electron chi connectivity index (χ0n) is 10.7. The van der Waals surface area contributed by atoms with Crippen LogP contribution in [0.3, 0.4) is 0 Å². The van der Waals surface area contributed by atoms with Crippen molar-refractivity contribution in [3.63, 3.8) is 0 Å². The summed E-state index contributed by atoms with van der Waals surface area (Å²) in [5.74, 6) is 0. The van der Waals surface area contributed by atoms with E-state index in [4.69, 9.17) is 18.6 Å². The second kappa shape index (κ2) is 5.36. The quantitative estimate of drug-likeness (QED) is 0.550. The first-order valence-electron chi connectivity index (χ1n) is 5.36. The molecule has 0 radical (unpaired) electrons. The fourth-order valence-electron chi connectivity index (χ4n) is 2.15. The fourth-order valence-corrected chi connectivity index (χ4v) is 2.15. The van der Waals surface area contributed by atoms with Gasteiger partial charge in [0.2, 0.25) is 0 Å². The fraction of sp³-hybridized carbons (Fsp3) is 0.333. The number of hydrogen-bond acceptors (Lipinski definition) is 4. The van der Waals surface area contributed by atoms with Crippen molar-refractivity contribution in [1.29, 1.82) is 0 Å². The van der Waals surface area contributed by atoms with Gasteiger partial charge in [-0.1, -0.05) is 12.1 Å². The second-order valence-electron chi connectivity index (χ2n) is 4.25.